The van der Waals surface area contributed by atoms with Crippen molar-refractivity contribution in [2.45, 2.75) is 18.9 Å². The highest BCUT2D eigenvalue weighted by molar-refractivity contribution is 5.93. The maximum Gasteiger partial charge on any atom is 0.328 e. The van der Waals surface area contributed by atoms with Crippen LogP contribution < -0.4 is 16.8 Å². The van der Waals surface area contributed by atoms with E-state index in [9.17, 15) is 15.1 Å². The average Bonchev–Trinajstić information content (AvgIpc) is 2.66. The fraction of sp³-hybridized carbons (Fsp3) is 0.211. The number of benzene rings is 2. The van der Waals surface area contributed by atoms with Gasteiger partial charge in [-0.15, -0.1) is 0 Å². The molecule has 0 aliphatic rings. The van der Waals surface area contributed by atoms with Crippen LogP contribution in [0.5, 0.6) is 0 Å². The third-order valence-corrected chi connectivity index (χ3v) is 4.27. The number of aliphatic carboxylic acids is 1. The van der Waals surface area contributed by atoms with Gasteiger partial charge in [0.15, 0.2) is 5.96 Å². The Balaban J connectivity index is 2.15. The minimum absolute atomic E-state index is 0.0219. The van der Waals surface area contributed by atoms with Crippen molar-refractivity contribution in [2.24, 2.45) is 21.5 Å². The van der Waals surface area contributed by atoms with Crippen molar-refractivity contribution >= 4 is 33.7 Å². The Kier molecular flexibility index (Phi) is 5.25. The van der Waals surface area contributed by atoms with Crippen molar-refractivity contribution in [1.82, 2.24) is 4.73 Å². The Labute approximate surface area is 155 Å². The molecule has 0 aliphatic heterocycles. The number of nitrogens with two attached hydrogens (primary N) is 2. The number of para-hydroxylation sites is 2. The highest BCUT2D eigenvalue weighted by Crippen LogP contribution is 2.18. The number of fused-ring (bicyclic) bond motifs is 2. The molecule has 27 heavy (non-hydrogen) atoms. The molecule has 0 amide bonds. The maximum atomic E-state index is 11.7. The minimum Gasteiger partial charge on any atom is -0.480 e. The van der Waals surface area contributed by atoms with Gasteiger partial charge in [-0.1, -0.05) is 36.4 Å². The molecule has 3 aromatic rings. The Morgan fingerprint density at radius 3 is 2.11 bits per heavy atom. The summed E-state index contributed by atoms with van der Waals surface area (Å²) in [5, 5.41) is 22.0. The molecule has 8 heteroatoms. The molecule has 3 rings (SSSR count). The third kappa shape index (κ3) is 3.84. The lowest BCUT2D eigenvalue weighted by Crippen LogP contribution is -2.24. The number of carboxylic acids is 1. The number of pyridine rings is 1. The number of carbonyl (C=O) groups is 1. The molecule has 1 atom stereocenters. The normalized spacial score (nSPS) is 12.0. The van der Waals surface area contributed by atoms with Crippen molar-refractivity contribution in [1.29, 1.82) is 0 Å². The summed E-state index contributed by atoms with van der Waals surface area (Å²) in [6, 6.07) is 13.5. The Hall–Kier alpha value is -3.55. The monoisotopic (exact) mass is 367 g/mol. The molecular formula is C19H21N5O3. The van der Waals surface area contributed by atoms with Gasteiger partial charge in [0.05, 0.1) is 16.4 Å². The zero-order valence-corrected chi connectivity index (χ0v) is 14.6. The van der Waals surface area contributed by atoms with Crippen LogP contribution in [0.4, 0.5) is 0 Å². The maximum absolute atomic E-state index is 11.7. The molecule has 2 aromatic carbocycles. The molecule has 1 heterocycles. The fourth-order valence-corrected chi connectivity index (χ4v) is 3.02. The van der Waals surface area contributed by atoms with Gasteiger partial charge in [0.1, 0.15) is 6.04 Å². The highest BCUT2D eigenvalue weighted by atomic mass is 16.5. The summed E-state index contributed by atoms with van der Waals surface area (Å²) in [6.07, 6.45) is 0.782. The van der Waals surface area contributed by atoms with Gasteiger partial charge < -0.3 is 21.8 Å². The Morgan fingerprint density at radius 1 is 1.04 bits per heavy atom. The fourth-order valence-electron chi connectivity index (χ4n) is 3.02. The first-order chi connectivity index (χ1) is 13.0. The molecule has 0 bridgehead atoms. The summed E-state index contributed by atoms with van der Waals surface area (Å²) < 4.78 is 1.10. The number of hydrogen-bond acceptors (Lipinski definition) is 4. The smallest absolute Gasteiger partial charge is 0.328 e. The van der Waals surface area contributed by atoms with E-state index < -0.39 is 12.0 Å². The lowest BCUT2D eigenvalue weighted by atomic mass is 10.1. The molecule has 0 aliphatic carbocycles. The Morgan fingerprint density at radius 2 is 1.59 bits per heavy atom. The number of nitrogens with zero attached hydrogens (tertiary/aromatic N) is 3. The van der Waals surface area contributed by atoms with Crippen LogP contribution in [-0.4, -0.2) is 39.6 Å². The van der Waals surface area contributed by atoms with Crippen LogP contribution in [0.3, 0.4) is 0 Å². The van der Waals surface area contributed by atoms with Gasteiger partial charge in [-0.3, -0.25) is 9.98 Å². The number of hydrogen-bond donors (Lipinski definition) is 4. The van der Waals surface area contributed by atoms with Crippen molar-refractivity contribution in [2.75, 3.05) is 6.54 Å². The average molecular weight is 367 g/mol. The topological polar surface area (TPSA) is 139 Å². The summed E-state index contributed by atoms with van der Waals surface area (Å²) in [6.45, 7) is 0.342. The third-order valence-electron chi connectivity index (χ3n) is 4.27. The molecule has 0 saturated carbocycles. The molecule has 8 nitrogen and oxygen atoms in total. The first kappa shape index (κ1) is 18.2. The summed E-state index contributed by atoms with van der Waals surface area (Å²) in [5.74, 6) is -1.04. The van der Waals surface area contributed by atoms with Crippen molar-refractivity contribution in [3.8, 4) is 0 Å². The van der Waals surface area contributed by atoms with Gasteiger partial charge in [0.25, 0.3) is 0 Å². The predicted octanol–water partition coefficient (Wildman–Crippen LogP) is 1.44. The molecule has 1 unspecified atom stereocenters. The van der Waals surface area contributed by atoms with Crippen LogP contribution in [-0.2, 0) is 4.79 Å². The first-order valence-corrected chi connectivity index (χ1v) is 8.53. The second kappa shape index (κ2) is 7.77. The van der Waals surface area contributed by atoms with Gasteiger partial charge in [0.2, 0.25) is 0 Å². The summed E-state index contributed by atoms with van der Waals surface area (Å²) >= 11 is 0. The van der Waals surface area contributed by atoms with E-state index in [4.69, 9.17) is 11.5 Å². The van der Waals surface area contributed by atoms with E-state index in [1.54, 1.807) is 24.3 Å². The summed E-state index contributed by atoms with van der Waals surface area (Å²) in [5.41, 5.74) is 11.7. The summed E-state index contributed by atoms with van der Waals surface area (Å²) in [4.78, 5) is 20.2. The van der Waals surface area contributed by atoms with Crippen LogP contribution >= 0.6 is 0 Å². The van der Waals surface area contributed by atoms with Gasteiger partial charge in [-0.2, -0.15) is 4.73 Å². The number of aromatic nitrogens is 1. The SMILES string of the molecule is NC(N)=NCCCC(N=c1c2ccccc2n(O)c2ccccc12)C(=O)O. The second-order valence-corrected chi connectivity index (χ2v) is 6.13. The van der Waals surface area contributed by atoms with E-state index in [2.05, 4.69) is 9.98 Å². The number of carboxylic acid groups (broad SMARTS) is 1. The van der Waals surface area contributed by atoms with E-state index in [1.165, 1.54) is 0 Å². The van der Waals surface area contributed by atoms with Crippen LogP contribution in [0.25, 0.3) is 21.8 Å². The standard InChI is InChI=1S/C19H21N5O3/c20-19(21)22-11-5-8-14(18(25)26)23-17-12-6-1-3-9-15(12)24(27)16-10-4-2-7-13(16)17/h1-4,6-7,9-10,14,27H,5,8,11H2,(H,25,26)(H4,20,21,22). The van der Waals surface area contributed by atoms with Crippen LogP contribution in [0.15, 0.2) is 58.5 Å². The molecule has 0 spiro atoms. The lowest BCUT2D eigenvalue weighted by Gasteiger charge is -2.12. The predicted molar refractivity (Wildman–Crippen MR) is 104 cm³/mol. The Bertz CT molecular complexity index is 1020. The number of guanidine groups is 1. The highest BCUT2D eigenvalue weighted by Gasteiger charge is 2.17. The first-order valence-electron chi connectivity index (χ1n) is 8.53. The molecule has 0 fully saturated rings. The molecule has 6 N–H and O–H groups in total. The zero-order chi connectivity index (χ0) is 19.4. The van der Waals surface area contributed by atoms with E-state index in [1.807, 2.05) is 24.3 Å². The van der Waals surface area contributed by atoms with Crippen molar-refractivity contribution in [3.63, 3.8) is 0 Å². The molecule has 1 aromatic heterocycles. The quantitative estimate of drug-likeness (QED) is 0.172. The van der Waals surface area contributed by atoms with Crippen molar-refractivity contribution in [3.05, 3.63) is 53.9 Å². The van der Waals surface area contributed by atoms with E-state index >= 15 is 0 Å². The minimum atomic E-state index is -1.02. The molecule has 140 valence electrons. The molecule has 0 saturated heterocycles. The van der Waals surface area contributed by atoms with Crippen LogP contribution in [0, 0.1) is 0 Å². The molecule has 0 radical (unpaired) electrons. The van der Waals surface area contributed by atoms with E-state index in [0.717, 1.165) is 4.73 Å². The van der Waals surface area contributed by atoms with Crippen LogP contribution in [0.2, 0.25) is 0 Å². The van der Waals surface area contributed by atoms with E-state index in [-0.39, 0.29) is 5.96 Å². The zero-order valence-electron chi connectivity index (χ0n) is 14.6. The van der Waals surface area contributed by atoms with Crippen molar-refractivity contribution < 1.29 is 15.1 Å². The van der Waals surface area contributed by atoms with Gasteiger partial charge in [-0.05, 0) is 25.0 Å². The number of rotatable bonds is 6. The van der Waals surface area contributed by atoms with Crippen LogP contribution in [0.1, 0.15) is 12.8 Å². The largest absolute Gasteiger partial charge is 0.480 e. The molecular weight excluding hydrogens is 346 g/mol. The van der Waals surface area contributed by atoms with E-state index in [0.29, 0.717) is 46.5 Å². The van der Waals surface area contributed by atoms with Gasteiger partial charge in [0, 0.05) is 17.3 Å². The second-order valence-electron chi connectivity index (χ2n) is 6.13. The lowest BCUT2D eigenvalue weighted by molar-refractivity contribution is -0.138. The summed E-state index contributed by atoms with van der Waals surface area (Å²) in [7, 11) is 0. The van der Waals surface area contributed by atoms with Gasteiger partial charge in [-0.25, -0.2) is 4.79 Å². The van der Waals surface area contributed by atoms with Gasteiger partial charge >= 0.3 is 5.97 Å². The number of aliphatic imine (C=N–C) groups is 1.